The highest BCUT2D eigenvalue weighted by Gasteiger charge is 1.99. The van der Waals surface area contributed by atoms with Crippen molar-refractivity contribution in [3.8, 4) is 0 Å². The van der Waals surface area contributed by atoms with Gasteiger partial charge in [0.15, 0.2) is 5.82 Å². The van der Waals surface area contributed by atoms with Gasteiger partial charge in [-0.25, -0.2) is 4.98 Å². The van der Waals surface area contributed by atoms with Crippen molar-refractivity contribution in [2.24, 2.45) is 0 Å². The molecule has 5 heteroatoms. The van der Waals surface area contributed by atoms with Crippen molar-refractivity contribution in [1.29, 1.82) is 0 Å². The number of pyridine rings is 1. The van der Waals surface area contributed by atoms with Gasteiger partial charge >= 0.3 is 0 Å². The number of anilines is 2. The van der Waals surface area contributed by atoms with Gasteiger partial charge in [0.1, 0.15) is 4.32 Å². The monoisotopic (exact) mass is 199 g/mol. The van der Waals surface area contributed by atoms with Crippen molar-refractivity contribution in [2.45, 2.75) is 0 Å². The second-order valence-electron chi connectivity index (χ2n) is 2.08. The van der Waals surface area contributed by atoms with E-state index in [0.717, 1.165) is 5.69 Å². The molecule has 0 atom stereocenters. The van der Waals surface area contributed by atoms with Gasteiger partial charge in [0.05, 0.1) is 5.69 Å². The van der Waals surface area contributed by atoms with E-state index in [-0.39, 0.29) is 0 Å². The number of thiol groups is 1. The second kappa shape index (κ2) is 4.27. The van der Waals surface area contributed by atoms with Crippen LogP contribution in [0.2, 0.25) is 0 Å². The van der Waals surface area contributed by atoms with Crippen LogP contribution in [0.5, 0.6) is 0 Å². The normalized spacial score (nSPS) is 9.17. The summed E-state index contributed by atoms with van der Waals surface area (Å²) in [5.41, 5.74) is 0.897. The lowest BCUT2D eigenvalue weighted by Crippen LogP contribution is -2.05. The molecule has 0 aromatic carbocycles. The van der Waals surface area contributed by atoms with E-state index in [4.69, 9.17) is 12.2 Å². The standard InChI is InChI=1S/C7H9N3S2/c1-8-5-3-2-4-9-6(5)10-7(11)12/h2-4,8H,1H3,(H2,9,10,11,12). The van der Waals surface area contributed by atoms with Crippen LogP contribution in [-0.2, 0) is 0 Å². The Hall–Kier alpha value is -0.810. The van der Waals surface area contributed by atoms with Crippen LogP contribution >= 0.6 is 24.8 Å². The fourth-order valence-corrected chi connectivity index (χ4v) is 1.01. The third kappa shape index (κ3) is 2.35. The van der Waals surface area contributed by atoms with Crippen LogP contribution in [0.4, 0.5) is 11.5 Å². The molecular formula is C7H9N3S2. The van der Waals surface area contributed by atoms with Gasteiger partial charge in [0.2, 0.25) is 0 Å². The lowest BCUT2D eigenvalue weighted by Gasteiger charge is -2.07. The van der Waals surface area contributed by atoms with Gasteiger partial charge in [-0.2, -0.15) is 0 Å². The minimum atomic E-state index is 0.408. The van der Waals surface area contributed by atoms with Crippen LogP contribution in [0.1, 0.15) is 0 Å². The molecule has 0 unspecified atom stereocenters. The molecule has 2 N–H and O–H groups in total. The number of aromatic nitrogens is 1. The molecule has 0 fully saturated rings. The third-order valence-electron chi connectivity index (χ3n) is 1.30. The predicted octanol–water partition coefficient (Wildman–Crippen LogP) is 1.75. The highest BCUT2D eigenvalue weighted by molar-refractivity contribution is 8.11. The first-order chi connectivity index (χ1) is 5.74. The maximum atomic E-state index is 4.77. The van der Waals surface area contributed by atoms with Crippen molar-refractivity contribution in [3.05, 3.63) is 18.3 Å². The first-order valence-corrected chi connectivity index (χ1v) is 4.22. The first kappa shape index (κ1) is 9.28. The van der Waals surface area contributed by atoms with Crippen LogP contribution in [-0.4, -0.2) is 16.4 Å². The van der Waals surface area contributed by atoms with Gasteiger partial charge in [-0.1, -0.05) is 12.2 Å². The SMILES string of the molecule is CNc1cccnc1NC(=S)S. The summed E-state index contributed by atoms with van der Waals surface area (Å²) in [6.45, 7) is 0. The molecular weight excluding hydrogens is 190 g/mol. The molecule has 0 spiro atoms. The molecule has 0 aliphatic heterocycles. The van der Waals surface area contributed by atoms with Gasteiger partial charge in [0.25, 0.3) is 0 Å². The summed E-state index contributed by atoms with van der Waals surface area (Å²) in [5.74, 6) is 0.694. The summed E-state index contributed by atoms with van der Waals surface area (Å²) < 4.78 is 0.408. The van der Waals surface area contributed by atoms with Crippen molar-refractivity contribution < 1.29 is 0 Å². The Morgan fingerprint density at radius 1 is 1.67 bits per heavy atom. The molecule has 1 heterocycles. The fourth-order valence-electron chi connectivity index (χ4n) is 0.808. The van der Waals surface area contributed by atoms with E-state index in [9.17, 15) is 0 Å². The largest absolute Gasteiger partial charge is 0.385 e. The van der Waals surface area contributed by atoms with E-state index in [1.807, 2.05) is 19.2 Å². The van der Waals surface area contributed by atoms with E-state index in [0.29, 0.717) is 10.1 Å². The zero-order valence-corrected chi connectivity index (χ0v) is 8.25. The molecule has 1 aromatic rings. The van der Waals surface area contributed by atoms with E-state index >= 15 is 0 Å². The van der Waals surface area contributed by atoms with Crippen LogP contribution in [0, 0.1) is 0 Å². The lowest BCUT2D eigenvalue weighted by molar-refractivity contribution is 1.31. The molecule has 0 amide bonds. The molecule has 0 saturated heterocycles. The third-order valence-corrected chi connectivity index (χ3v) is 1.52. The van der Waals surface area contributed by atoms with Crippen LogP contribution in [0.15, 0.2) is 18.3 Å². The molecule has 1 aromatic heterocycles. The molecule has 0 saturated carbocycles. The second-order valence-corrected chi connectivity index (χ2v) is 3.24. The van der Waals surface area contributed by atoms with Crippen LogP contribution in [0.3, 0.4) is 0 Å². The number of rotatable bonds is 2. The molecule has 0 aliphatic carbocycles. The quantitative estimate of drug-likeness (QED) is 0.501. The average Bonchev–Trinajstić information content (AvgIpc) is 2.04. The lowest BCUT2D eigenvalue weighted by atomic mass is 10.4. The minimum absolute atomic E-state index is 0.408. The van der Waals surface area contributed by atoms with E-state index in [2.05, 4.69) is 28.2 Å². The van der Waals surface area contributed by atoms with E-state index < -0.39 is 0 Å². The van der Waals surface area contributed by atoms with Crippen molar-refractivity contribution in [1.82, 2.24) is 4.98 Å². The Bertz CT molecular complexity index is 288. The van der Waals surface area contributed by atoms with Crippen molar-refractivity contribution in [3.63, 3.8) is 0 Å². The summed E-state index contributed by atoms with van der Waals surface area (Å²) in [5, 5.41) is 5.83. The van der Waals surface area contributed by atoms with Gasteiger partial charge in [-0.3, -0.25) is 0 Å². The highest BCUT2D eigenvalue weighted by Crippen LogP contribution is 2.16. The molecule has 0 bridgehead atoms. The summed E-state index contributed by atoms with van der Waals surface area (Å²) in [7, 11) is 1.82. The summed E-state index contributed by atoms with van der Waals surface area (Å²) >= 11 is 8.72. The zero-order valence-electron chi connectivity index (χ0n) is 6.53. The average molecular weight is 199 g/mol. The topological polar surface area (TPSA) is 37.0 Å². The summed E-state index contributed by atoms with van der Waals surface area (Å²) in [6, 6.07) is 3.75. The number of nitrogens with zero attached hydrogens (tertiary/aromatic N) is 1. The maximum absolute atomic E-state index is 4.77. The van der Waals surface area contributed by atoms with Crippen molar-refractivity contribution >= 4 is 40.7 Å². The van der Waals surface area contributed by atoms with Crippen LogP contribution in [0.25, 0.3) is 0 Å². The summed E-state index contributed by atoms with van der Waals surface area (Å²) in [4.78, 5) is 4.08. The molecule has 12 heavy (non-hydrogen) atoms. The van der Waals surface area contributed by atoms with Gasteiger partial charge < -0.3 is 10.6 Å². The Balaban J connectivity index is 2.89. The zero-order chi connectivity index (χ0) is 8.97. The molecule has 3 nitrogen and oxygen atoms in total. The number of thiocarbonyl (C=S) groups is 1. The minimum Gasteiger partial charge on any atom is -0.385 e. The van der Waals surface area contributed by atoms with E-state index in [1.165, 1.54) is 0 Å². The summed E-state index contributed by atoms with van der Waals surface area (Å²) in [6.07, 6.45) is 1.69. The molecule has 0 radical (unpaired) electrons. The Kier molecular flexibility index (Phi) is 3.31. The van der Waals surface area contributed by atoms with Crippen molar-refractivity contribution in [2.75, 3.05) is 17.7 Å². The first-order valence-electron chi connectivity index (χ1n) is 3.36. The Morgan fingerprint density at radius 3 is 3.00 bits per heavy atom. The molecule has 64 valence electrons. The molecule has 0 aliphatic rings. The van der Waals surface area contributed by atoms with Gasteiger partial charge in [0, 0.05) is 13.2 Å². The Labute approximate surface area is 82.0 Å². The fraction of sp³-hybridized carbons (Fsp3) is 0.143. The smallest absolute Gasteiger partial charge is 0.154 e. The molecule has 1 rings (SSSR count). The van der Waals surface area contributed by atoms with Crippen LogP contribution < -0.4 is 10.6 Å². The number of hydrogen-bond donors (Lipinski definition) is 3. The predicted molar refractivity (Wildman–Crippen MR) is 59.0 cm³/mol. The van der Waals surface area contributed by atoms with E-state index in [1.54, 1.807) is 6.20 Å². The maximum Gasteiger partial charge on any atom is 0.154 e. The highest BCUT2D eigenvalue weighted by atomic mass is 32.1. The van der Waals surface area contributed by atoms with Gasteiger partial charge in [-0.05, 0) is 12.1 Å². The van der Waals surface area contributed by atoms with Gasteiger partial charge in [-0.15, -0.1) is 12.6 Å². The number of nitrogens with one attached hydrogen (secondary N) is 2. The number of hydrogen-bond acceptors (Lipinski definition) is 3. The Morgan fingerprint density at radius 2 is 2.42 bits per heavy atom.